The number of hydrogen-bond donors (Lipinski definition) is 2. The summed E-state index contributed by atoms with van der Waals surface area (Å²) in [5.74, 6) is -0.796. The number of oxime groups is 1. The minimum absolute atomic E-state index is 0.0114. The molecule has 0 spiro atoms. The maximum absolute atomic E-state index is 9.94. The van der Waals surface area contributed by atoms with Gasteiger partial charge in [-0.1, -0.05) is 5.16 Å². The van der Waals surface area contributed by atoms with E-state index >= 15 is 0 Å². The molecule has 13 heavy (non-hydrogen) atoms. The Bertz CT molecular complexity index is 323. The highest BCUT2D eigenvalue weighted by molar-refractivity contribution is 7.09. The number of carboxylic acids is 1. The standard InChI is InChI=1S/C5H6N4O3S/c6-5-8-3(9-13-5)2-12-7-1-4(10)11/h1H,2H2,(H,10,11)(H2,6,8,9). The number of nitrogen functional groups attached to an aromatic ring is 1. The Kier molecular flexibility index (Phi) is 3.15. The largest absolute Gasteiger partial charge is 0.477 e. The van der Waals surface area contributed by atoms with Crippen molar-refractivity contribution in [3.8, 4) is 0 Å². The lowest BCUT2D eigenvalue weighted by atomic mass is 10.7. The van der Waals surface area contributed by atoms with Gasteiger partial charge in [0.15, 0.2) is 23.8 Å². The van der Waals surface area contributed by atoms with Gasteiger partial charge >= 0.3 is 5.97 Å². The van der Waals surface area contributed by atoms with Crippen molar-refractivity contribution in [1.29, 1.82) is 0 Å². The van der Waals surface area contributed by atoms with Crippen LogP contribution in [0.25, 0.3) is 0 Å². The minimum Gasteiger partial charge on any atom is -0.477 e. The molecule has 0 aromatic carbocycles. The van der Waals surface area contributed by atoms with Gasteiger partial charge in [-0.25, -0.2) is 4.79 Å². The Morgan fingerprint density at radius 3 is 3.15 bits per heavy atom. The molecule has 0 fully saturated rings. The van der Waals surface area contributed by atoms with Crippen LogP contribution in [-0.2, 0) is 16.2 Å². The van der Waals surface area contributed by atoms with E-state index in [0.29, 0.717) is 17.2 Å². The number of anilines is 1. The van der Waals surface area contributed by atoms with Crippen LogP contribution in [0.1, 0.15) is 5.82 Å². The second-order valence-electron chi connectivity index (χ2n) is 1.90. The van der Waals surface area contributed by atoms with Gasteiger partial charge in [-0.2, -0.15) is 9.36 Å². The number of rotatable bonds is 4. The summed E-state index contributed by atoms with van der Waals surface area (Å²) in [6, 6.07) is 0. The van der Waals surface area contributed by atoms with Crippen molar-refractivity contribution in [3.63, 3.8) is 0 Å². The van der Waals surface area contributed by atoms with Crippen LogP contribution < -0.4 is 5.73 Å². The van der Waals surface area contributed by atoms with E-state index in [9.17, 15) is 4.79 Å². The van der Waals surface area contributed by atoms with Crippen molar-refractivity contribution in [2.24, 2.45) is 5.16 Å². The number of hydrogen-bond acceptors (Lipinski definition) is 7. The van der Waals surface area contributed by atoms with Crippen LogP contribution in [0.2, 0.25) is 0 Å². The number of aliphatic carboxylic acids is 1. The average Bonchev–Trinajstić information content (AvgIpc) is 2.45. The van der Waals surface area contributed by atoms with E-state index < -0.39 is 5.97 Å². The van der Waals surface area contributed by atoms with E-state index in [0.717, 1.165) is 11.5 Å². The van der Waals surface area contributed by atoms with E-state index in [1.807, 2.05) is 0 Å². The van der Waals surface area contributed by atoms with Crippen LogP contribution >= 0.6 is 11.5 Å². The molecule has 1 heterocycles. The zero-order valence-corrected chi connectivity index (χ0v) is 7.19. The first-order valence-corrected chi connectivity index (χ1v) is 3.92. The van der Waals surface area contributed by atoms with Gasteiger partial charge in [-0.3, -0.25) is 0 Å². The van der Waals surface area contributed by atoms with Crippen LogP contribution in [-0.4, -0.2) is 26.6 Å². The Morgan fingerprint density at radius 2 is 2.62 bits per heavy atom. The Balaban J connectivity index is 2.31. The van der Waals surface area contributed by atoms with Crippen LogP contribution in [0.3, 0.4) is 0 Å². The highest BCUT2D eigenvalue weighted by Crippen LogP contribution is 2.05. The molecule has 0 saturated carbocycles. The molecule has 0 radical (unpaired) electrons. The zero-order chi connectivity index (χ0) is 9.68. The molecule has 1 rings (SSSR count). The summed E-state index contributed by atoms with van der Waals surface area (Å²) >= 11 is 1.04. The van der Waals surface area contributed by atoms with Crippen molar-refractivity contribution in [2.75, 3.05) is 5.73 Å². The number of aromatic nitrogens is 2. The Hall–Kier alpha value is -1.70. The number of carbonyl (C=O) groups is 1. The monoisotopic (exact) mass is 202 g/mol. The molecule has 0 unspecified atom stereocenters. The van der Waals surface area contributed by atoms with Gasteiger partial charge in [0.2, 0.25) is 0 Å². The van der Waals surface area contributed by atoms with E-state index in [1.165, 1.54) is 0 Å². The highest BCUT2D eigenvalue weighted by atomic mass is 32.1. The van der Waals surface area contributed by atoms with Crippen LogP contribution in [0.5, 0.6) is 0 Å². The highest BCUT2D eigenvalue weighted by Gasteiger charge is 1.99. The van der Waals surface area contributed by atoms with E-state index in [4.69, 9.17) is 10.8 Å². The predicted octanol–water partition coefficient (Wildman–Crippen LogP) is -0.293. The van der Waals surface area contributed by atoms with Gasteiger partial charge in [0.1, 0.15) is 0 Å². The molecule has 1 aromatic heterocycles. The molecule has 1 aromatic rings. The first kappa shape index (κ1) is 9.39. The first-order valence-electron chi connectivity index (χ1n) is 3.15. The van der Waals surface area contributed by atoms with Crippen molar-refractivity contribution in [3.05, 3.63) is 5.82 Å². The number of carboxylic acid groups (broad SMARTS) is 1. The summed E-state index contributed by atoms with van der Waals surface area (Å²) in [5, 5.41) is 11.6. The smallest absolute Gasteiger partial charge is 0.350 e. The van der Waals surface area contributed by atoms with Crippen molar-refractivity contribution in [2.45, 2.75) is 6.61 Å². The van der Waals surface area contributed by atoms with Crippen LogP contribution in [0.15, 0.2) is 5.16 Å². The lowest BCUT2D eigenvalue weighted by Gasteiger charge is -1.91. The topological polar surface area (TPSA) is 111 Å². The summed E-state index contributed by atoms with van der Waals surface area (Å²) in [7, 11) is 0. The molecule has 0 aliphatic heterocycles. The van der Waals surface area contributed by atoms with Crippen molar-refractivity contribution >= 4 is 28.8 Å². The van der Waals surface area contributed by atoms with Crippen LogP contribution in [0, 0.1) is 0 Å². The fraction of sp³-hybridized carbons (Fsp3) is 0.200. The van der Waals surface area contributed by atoms with Gasteiger partial charge in [0.25, 0.3) is 0 Å². The lowest BCUT2D eigenvalue weighted by Crippen LogP contribution is -1.97. The minimum atomic E-state index is -1.18. The van der Waals surface area contributed by atoms with Crippen molar-refractivity contribution in [1.82, 2.24) is 9.36 Å². The third-order valence-corrected chi connectivity index (χ3v) is 1.50. The molecule has 3 N–H and O–H groups in total. The molecule has 0 bridgehead atoms. The molecule has 0 aliphatic rings. The fourth-order valence-corrected chi connectivity index (χ4v) is 0.942. The fourth-order valence-electron chi connectivity index (χ4n) is 0.503. The molecule has 0 aliphatic carbocycles. The van der Waals surface area contributed by atoms with Gasteiger partial charge in [-0.05, 0) is 0 Å². The SMILES string of the molecule is Nc1nc(CON=CC(=O)O)ns1. The first-order chi connectivity index (χ1) is 6.18. The molecular formula is C5H6N4O3S. The van der Waals surface area contributed by atoms with E-state index in [2.05, 4.69) is 19.4 Å². The van der Waals surface area contributed by atoms with Gasteiger partial charge in [0.05, 0.1) is 0 Å². The average molecular weight is 202 g/mol. The molecule has 8 heteroatoms. The third kappa shape index (κ3) is 3.47. The molecule has 70 valence electrons. The van der Waals surface area contributed by atoms with Gasteiger partial charge in [0, 0.05) is 11.5 Å². The predicted molar refractivity (Wildman–Crippen MR) is 45.2 cm³/mol. The summed E-state index contributed by atoms with van der Waals surface area (Å²) < 4.78 is 3.79. The molecule has 7 nitrogen and oxygen atoms in total. The van der Waals surface area contributed by atoms with Gasteiger partial charge in [-0.15, -0.1) is 0 Å². The maximum Gasteiger partial charge on any atom is 0.350 e. The summed E-state index contributed by atoms with van der Waals surface area (Å²) in [6.45, 7) is 0.0114. The molecular weight excluding hydrogens is 196 g/mol. The molecule has 0 atom stereocenters. The molecule has 0 saturated heterocycles. The second-order valence-corrected chi connectivity index (χ2v) is 2.68. The normalized spacial score (nSPS) is 10.5. The maximum atomic E-state index is 9.94. The number of nitrogens with two attached hydrogens (primary N) is 1. The lowest BCUT2D eigenvalue weighted by molar-refractivity contribution is -0.129. The summed E-state index contributed by atoms with van der Waals surface area (Å²) in [4.78, 5) is 18.3. The quantitative estimate of drug-likeness (QED) is 0.512. The van der Waals surface area contributed by atoms with Gasteiger partial charge < -0.3 is 15.7 Å². The van der Waals surface area contributed by atoms with E-state index in [-0.39, 0.29) is 6.61 Å². The summed E-state index contributed by atoms with van der Waals surface area (Å²) in [5.41, 5.74) is 5.29. The summed E-state index contributed by atoms with van der Waals surface area (Å²) in [6.07, 6.45) is 0.635. The third-order valence-electron chi connectivity index (χ3n) is 0.915. The number of nitrogens with zero attached hydrogens (tertiary/aromatic N) is 3. The Morgan fingerprint density at radius 1 is 1.85 bits per heavy atom. The van der Waals surface area contributed by atoms with Crippen molar-refractivity contribution < 1.29 is 14.7 Å². The van der Waals surface area contributed by atoms with E-state index in [1.54, 1.807) is 0 Å². The molecule has 0 amide bonds. The second kappa shape index (κ2) is 4.36. The van der Waals surface area contributed by atoms with Crippen LogP contribution in [0.4, 0.5) is 5.13 Å². The Labute approximate surface area is 77.0 Å². The zero-order valence-electron chi connectivity index (χ0n) is 6.38.